The molecule has 0 radical (unpaired) electrons. The van der Waals surface area contributed by atoms with Crippen molar-refractivity contribution >= 4 is 34.0 Å². The summed E-state index contributed by atoms with van der Waals surface area (Å²) in [4.78, 5) is 6.36. The molecule has 1 aliphatic rings. The number of fused-ring (bicyclic) bond motifs is 1. The first kappa shape index (κ1) is 13.9. The lowest BCUT2D eigenvalue weighted by atomic mass is 10.1. The smallest absolute Gasteiger partial charge is 0.138 e. The number of halogens is 2. The lowest BCUT2D eigenvalue weighted by Crippen LogP contribution is -2.35. The van der Waals surface area contributed by atoms with E-state index in [1.54, 1.807) is 0 Å². The van der Waals surface area contributed by atoms with E-state index >= 15 is 0 Å². The van der Waals surface area contributed by atoms with Crippen LogP contribution in [-0.4, -0.2) is 36.1 Å². The molecule has 1 aromatic heterocycles. The molecule has 1 aromatic carbocycles. The Morgan fingerprint density at radius 1 is 1.20 bits per heavy atom. The van der Waals surface area contributed by atoms with Gasteiger partial charge in [-0.25, -0.2) is 4.98 Å². The maximum absolute atomic E-state index is 6.08. The Hall–Kier alpha value is -1.03. The fourth-order valence-electron chi connectivity index (χ4n) is 2.53. The van der Waals surface area contributed by atoms with Crippen LogP contribution in [0.25, 0.3) is 10.8 Å². The van der Waals surface area contributed by atoms with Crippen LogP contribution in [0.4, 0.5) is 0 Å². The van der Waals surface area contributed by atoms with Crippen LogP contribution in [0.5, 0.6) is 5.75 Å². The van der Waals surface area contributed by atoms with Crippen molar-refractivity contribution in [2.24, 2.45) is 0 Å². The number of ether oxygens (including phenoxy) is 1. The van der Waals surface area contributed by atoms with Gasteiger partial charge in [0.25, 0.3) is 0 Å². The highest BCUT2D eigenvalue weighted by molar-refractivity contribution is 6.36. The average Bonchev–Trinajstić information content (AvgIpc) is 2.41. The molecule has 1 aliphatic heterocycles. The van der Waals surface area contributed by atoms with Gasteiger partial charge in [-0.3, -0.25) is 0 Å². The number of piperidine rings is 1. The minimum atomic E-state index is 0.288. The molecule has 0 spiro atoms. The lowest BCUT2D eigenvalue weighted by Gasteiger charge is -2.29. The first-order valence-corrected chi connectivity index (χ1v) is 7.48. The van der Waals surface area contributed by atoms with Crippen molar-refractivity contribution in [2.75, 3.05) is 20.1 Å². The third-order valence-electron chi connectivity index (χ3n) is 3.69. The summed E-state index contributed by atoms with van der Waals surface area (Å²) in [7, 11) is 2.14. The van der Waals surface area contributed by atoms with Crippen LogP contribution < -0.4 is 4.74 Å². The van der Waals surface area contributed by atoms with Gasteiger partial charge in [-0.05, 0) is 49.5 Å². The number of aromatic nitrogens is 1. The summed E-state index contributed by atoms with van der Waals surface area (Å²) >= 11 is 12.0. The number of hydrogen-bond acceptors (Lipinski definition) is 3. The first-order valence-electron chi connectivity index (χ1n) is 6.73. The zero-order chi connectivity index (χ0) is 14.1. The number of hydrogen-bond donors (Lipinski definition) is 0. The average molecular weight is 311 g/mol. The molecule has 20 heavy (non-hydrogen) atoms. The Labute approximate surface area is 128 Å². The number of nitrogens with zero attached hydrogens (tertiary/aromatic N) is 2. The molecule has 0 unspecified atom stereocenters. The van der Waals surface area contributed by atoms with Crippen LogP contribution in [0, 0.1) is 0 Å². The molecule has 1 fully saturated rings. The van der Waals surface area contributed by atoms with E-state index in [1.165, 1.54) is 0 Å². The van der Waals surface area contributed by atoms with Crippen LogP contribution in [0.2, 0.25) is 10.3 Å². The highest BCUT2D eigenvalue weighted by Crippen LogP contribution is 2.29. The topological polar surface area (TPSA) is 25.4 Å². The minimum Gasteiger partial charge on any atom is -0.490 e. The second kappa shape index (κ2) is 5.76. The van der Waals surface area contributed by atoms with Crippen LogP contribution in [0.1, 0.15) is 12.8 Å². The van der Waals surface area contributed by atoms with Gasteiger partial charge in [-0.1, -0.05) is 23.2 Å². The maximum Gasteiger partial charge on any atom is 0.138 e. The van der Waals surface area contributed by atoms with Gasteiger partial charge in [0.2, 0.25) is 0 Å². The highest BCUT2D eigenvalue weighted by atomic mass is 35.5. The van der Waals surface area contributed by atoms with Crippen molar-refractivity contribution in [3.63, 3.8) is 0 Å². The molecule has 0 N–H and O–H groups in total. The quantitative estimate of drug-likeness (QED) is 0.784. The molecule has 1 saturated heterocycles. The molecular weight excluding hydrogens is 295 g/mol. The molecule has 3 rings (SSSR count). The van der Waals surface area contributed by atoms with Gasteiger partial charge < -0.3 is 9.64 Å². The molecular formula is C15H16Cl2N2O. The second-order valence-electron chi connectivity index (χ2n) is 5.24. The summed E-state index contributed by atoms with van der Waals surface area (Å²) in [6.45, 7) is 2.17. The lowest BCUT2D eigenvalue weighted by molar-refractivity contribution is 0.114. The molecule has 106 valence electrons. The zero-order valence-electron chi connectivity index (χ0n) is 11.3. The fourth-order valence-corrected chi connectivity index (χ4v) is 3.04. The van der Waals surface area contributed by atoms with Crippen molar-refractivity contribution < 1.29 is 4.74 Å². The minimum absolute atomic E-state index is 0.288. The van der Waals surface area contributed by atoms with E-state index in [-0.39, 0.29) is 6.10 Å². The van der Waals surface area contributed by atoms with Crippen LogP contribution in [0.3, 0.4) is 0 Å². The fraction of sp³-hybridized carbons (Fsp3) is 0.400. The van der Waals surface area contributed by atoms with Gasteiger partial charge in [0.15, 0.2) is 0 Å². The van der Waals surface area contributed by atoms with Gasteiger partial charge in [0, 0.05) is 18.5 Å². The van der Waals surface area contributed by atoms with Crippen LogP contribution in [0.15, 0.2) is 24.3 Å². The number of likely N-dealkylation sites (tertiary alicyclic amines) is 1. The summed E-state index contributed by atoms with van der Waals surface area (Å²) in [5.41, 5.74) is 0. The Bertz CT molecular complexity index is 625. The molecule has 0 bridgehead atoms. The van der Waals surface area contributed by atoms with E-state index in [2.05, 4.69) is 16.9 Å². The van der Waals surface area contributed by atoms with Crippen molar-refractivity contribution in [3.05, 3.63) is 34.6 Å². The number of benzene rings is 1. The highest BCUT2D eigenvalue weighted by Gasteiger charge is 2.18. The Morgan fingerprint density at radius 3 is 2.70 bits per heavy atom. The van der Waals surface area contributed by atoms with Crippen molar-refractivity contribution in [2.45, 2.75) is 18.9 Å². The van der Waals surface area contributed by atoms with E-state index < -0.39 is 0 Å². The molecule has 0 amide bonds. The Balaban J connectivity index is 1.82. The molecule has 3 nitrogen and oxygen atoms in total. The van der Waals surface area contributed by atoms with E-state index in [0.29, 0.717) is 10.3 Å². The standard InChI is InChI=1S/C15H16Cl2N2O/c1-19-6-4-11(5-7-19)20-12-2-3-13-10(8-12)9-14(16)18-15(13)17/h2-3,8-9,11H,4-7H2,1H3. The van der Waals surface area contributed by atoms with Crippen molar-refractivity contribution in [1.82, 2.24) is 9.88 Å². The zero-order valence-corrected chi connectivity index (χ0v) is 12.8. The third-order valence-corrected chi connectivity index (χ3v) is 4.17. The van der Waals surface area contributed by atoms with Gasteiger partial charge in [0.05, 0.1) is 0 Å². The van der Waals surface area contributed by atoms with E-state index in [1.807, 2.05) is 24.3 Å². The number of pyridine rings is 1. The normalized spacial score (nSPS) is 17.6. The van der Waals surface area contributed by atoms with Crippen molar-refractivity contribution in [1.29, 1.82) is 0 Å². The Kier molecular flexibility index (Phi) is 4.01. The van der Waals surface area contributed by atoms with Crippen molar-refractivity contribution in [3.8, 4) is 5.75 Å². The maximum atomic E-state index is 6.08. The third kappa shape index (κ3) is 3.00. The van der Waals surface area contributed by atoms with Gasteiger partial charge in [0.1, 0.15) is 22.2 Å². The summed E-state index contributed by atoms with van der Waals surface area (Å²) in [6.07, 6.45) is 2.41. The Morgan fingerprint density at radius 2 is 1.95 bits per heavy atom. The summed E-state index contributed by atoms with van der Waals surface area (Å²) in [6, 6.07) is 7.67. The van der Waals surface area contributed by atoms with E-state index in [0.717, 1.165) is 42.5 Å². The molecule has 0 saturated carbocycles. The van der Waals surface area contributed by atoms with Gasteiger partial charge >= 0.3 is 0 Å². The summed E-state index contributed by atoms with van der Waals surface area (Å²) in [5, 5.41) is 2.68. The largest absolute Gasteiger partial charge is 0.490 e. The molecule has 5 heteroatoms. The SMILES string of the molecule is CN1CCC(Oc2ccc3c(Cl)nc(Cl)cc3c2)CC1. The molecule has 0 atom stereocenters. The van der Waals surface area contributed by atoms with Gasteiger partial charge in [-0.2, -0.15) is 0 Å². The van der Waals surface area contributed by atoms with Gasteiger partial charge in [-0.15, -0.1) is 0 Å². The number of rotatable bonds is 2. The summed E-state index contributed by atoms with van der Waals surface area (Å²) in [5.74, 6) is 0.866. The molecule has 0 aliphatic carbocycles. The monoisotopic (exact) mass is 310 g/mol. The van der Waals surface area contributed by atoms with E-state index in [9.17, 15) is 0 Å². The predicted octanol–water partition coefficient (Wildman–Crippen LogP) is 4.01. The second-order valence-corrected chi connectivity index (χ2v) is 5.98. The summed E-state index contributed by atoms with van der Waals surface area (Å²) < 4.78 is 6.06. The molecule has 2 heterocycles. The van der Waals surface area contributed by atoms with E-state index in [4.69, 9.17) is 27.9 Å². The van der Waals surface area contributed by atoms with Crippen LogP contribution in [-0.2, 0) is 0 Å². The predicted molar refractivity (Wildman–Crippen MR) is 82.9 cm³/mol. The first-order chi connectivity index (χ1) is 9.61. The molecule has 2 aromatic rings. The van der Waals surface area contributed by atoms with Crippen LogP contribution >= 0.6 is 23.2 Å².